The Bertz CT molecular complexity index is 452. The molecule has 2 N–H and O–H groups in total. The maximum atomic E-state index is 11.9. The molecule has 6 heteroatoms. The molecule has 0 saturated carbocycles. The number of hydrogen-bond acceptors (Lipinski definition) is 5. The minimum atomic E-state index is -0.412. The number of thiophene rings is 1. The van der Waals surface area contributed by atoms with Crippen LogP contribution in [0.1, 0.15) is 28.9 Å². The first kappa shape index (κ1) is 14.0. The van der Waals surface area contributed by atoms with Crippen LogP contribution in [0.3, 0.4) is 0 Å². The number of methoxy groups -OCH3 is 1. The first-order chi connectivity index (χ1) is 9.20. The number of carbonyl (C=O) groups is 2. The smallest absolute Gasteiger partial charge is 0.350 e. The van der Waals surface area contributed by atoms with Crippen molar-refractivity contribution in [2.24, 2.45) is 5.92 Å². The number of esters is 1. The van der Waals surface area contributed by atoms with Gasteiger partial charge in [0.25, 0.3) is 0 Å². The predicted octanol–water partition coefficient (Wildman–Crippen LogP) is 1.86. The molecule has 1 saturated heterocycles. The lowest BCUT2D eigenvalue weighted by molar-refractivity contribution is -0.116. The zero-order valence-corrected chi connectivity index (χ0v) is 11.7. The molecule has 1 aliphatic rings. The monoisotopic (exact) mass is 282 g/mol. The van der Waals surface area contributed by atoms with Gasteiger partial charge in [0, 0.05) is 6.42 Å². The van der Waals surface area contributed by atoms with Gasteiger partial charge in [0.05, 0.1) is 12.8 Å². The second kappa shape index (κ2) is 6.68. The molecule has 0 radical (unpaired) electrons. The van der Waals surface area contributed by atoms with Crippen LogP contribution in [0, 0.1) is 5.92 Å². The molecule has 2 rings (SSSR count). The molecule has 1 atom stereocenters. The van der Waals surface area contributed by atoms with Crippen molar-refractivity contribution in [3.63, 3.8) is 0 Å². The van der Waals surface area contributed by atoms with Crippen LogP contribution in [0.25, 0.3) is 0 Å². The molecular formula is C13H18N2O3S. The Balaban J connectivity index is 1.84. The quantitative estimate of drug-likeness (QED) is 0.809. The number of ether oxygens (including phenoxy) is 1. The fourth-order valence-electron chi connectivity index (χ4n) is 2.17. The van der Waals surface area contributed by atoms with Gasteiger partial charge in [0.15, 0.2) is 0 Å². The molecular weight excluding hydrogens is 264 g/mol. The average molecular weight is 282 g/mol. The van der Waals surface area contributed by atoms with Crippen molar-refractivity contribution in [2.75, 3.05) is 25.5 Å². The summed E-state index contributed by atoms with van der Waals surface area (Å²) in [6.07, 6.45) is 2.51. The van der Waals surface area contributed by atoms with Gasteiger partial charge in [0.1, 0.15) is 4.88 Å². The lowest BCUT2D eigenvalue weighted by atomic mass is 10.0. The highest BCUT2D eigenvalue weighted by Gasteiger charge is 2.18. The van der Waals surface area contributed by atoms with Crippen molar-refractivity contribution in [1.82, 2.24) is 5.32 Å². The molecule has 2 heterocycles. The molecule has 1 fully saturated rings. The van der Waals surface area contributed by atoms with Crippen LogP contribution in [-0.2, 0) is 9.53 Å². The number of anilines is 1. The van der Waals surface area contributed by atoms with E-state index in [1.54, 1.807) is 11.4 Å². The average Bonchev–Trinajstić information content (AvgIpc) is 3.06. The zero-order valence-electron chi connectivity index (χ0n) is 10.9. The Morgan fingerprint density at radius 1 is 1.58 bits per heavy atom. The summed E-state index contributed by atoms with van der Waals surface area (Å²) < 4.78 is 4.67. The summed E-state index contributed by atoms with van der Waals surface area (Å²) in [4.78, 5) is 23.8. The Morgan fingerprint density at radius 2 is 2.42 bits per heavy atom. The van der Waals surface area contributed by atoms with E-state index in [4.69, 9.17) is 0 Å². The highest BCUT2D eigenvalue weighted by molar-refractivity contribution is 7.12. The Hall–Kier alpha value is -1.40. The standard InChI is InChI=1S/C13H18N2O3S/c1-18-13(17)12-10(5-7-19-12)15-11(16)3-2-9-4-6-14-8-9/h5,7,9,14H,2-4,6,8H2,1H3,(H,15,16). The summed E-state index contributed by atoms with van der Waals surface area (Å²) in [6, 6.07) is 1.73. The molecule has 19 heavy (non-hydrogen) atoms. The first-order valence-corrected chi connectivity index (χ1v) is 7.25. The third-order valence-electron chi connectivity index (χ3n) is 3.25. The van der Waals surface area contributed by atoms with Crippen LogP contribution in [0.5, 0.6) is 0 Å². The van der Waals surface area contributed by atoms with Gasteiger partial charge in [0.2, 0.25) is 5.91 Å². The minimum absolute atomic E-state index is 0.0459. The predicted molar refractivity (Wildman–Crippen MR) is 74.5 cm³/mol. The van der Waals surface area contributed by atoms with Crippen LogP contribution in [0.4, 0.5) is 5.69 Å². The van der Waals surface area contributed by atoms with Gasteiger partial charge in [-0.2, -0.15) is 0 Å². The lowest BCUT2D eigenvalue weighted by Gasteiger charge is -2.08. The largest absolute Gasteiger partial charge is 0.465 e. The van der Waals surface area contributed by atoms with Gasteiger partial charge in [-0.25, -0.2) is 4.79 Å². The maximum Gasteiger partial charge on any atom is 0.350 e. The number of amides is 1. The molecule has 0 bridgehead atoms. The second-order valence-electron chi connectivity index (χ2n) is 4.60. The Morgan fingerprint density at radius 3 is 3.11 bits per heavy atom. The SMILES string of the molecule is COC(=O)c1sccc1NC(=O)CCC1CCNC1. The summed E-state index contributed by atoms with van der Waals surface area (Å²) in [6.45, 7) is 2.04. The Kier molecular flexibility index (Phi) is 4.93. The van der Waals surface area contributed by atoms with Gasteiger partial charge in [-0.15, -0.1) is 11.3 Å². The summed E-state index contributed by atoms with van der Waals surface area (Å²) in [5, 5.41) is 7.83. The van der Waals surface area contributed by atoms with Gasteiger partial charge in [-0.1, -0.05) is 0 Å². The molecule has 0 aromatic carbocycles. The number of nitrogens with one attached hydrogen (secondary N) is 2. The number of rotatable bonds is 5. The van der Waals surface area contributed by atoms with Gasteiger partial charge in [-0.05, 0) is 43.3 Å². The molecule has 1 aromatic rings. The van der Waals surface area contributed by atoms with Crippen molar-refractivity contribution in [3.8, 4) is 0 Å². The van der Waals surface area contributed by atoms with Crippen molar-refractivity contribution in [1.29, 1.82) is 0 Å². The third kappa shape index (κ3) is 3.78. The fourth-order valence-corrected chi connectivity index (χ4v) is 2.93. The van der Waals surface area contributed by atoms with Gasteiger partial charge < -0.3 is 15.4 Å². The second-order valence-corrected chi connectivity index (χ2v) is 5.52. The summed E-state index contributed by atoms with van der Waals surface area (Å²) in [7, 11) is 1.33. The first-order valence-electron chi connectivity index (χ1n) is 6.37. The van der Waals surface area contributed by atoms with E-state index in [0.717, 1.165) is 25.9 Å². The van der Waals surface area contributed by atoms with Crippen LogP contribution in [0.2, 0.25) is 0 Å². The third-order valence-corrected chi connectivity index (χ3v) is 4.15. The molecule has 1 unspecified atom stereocenters. The number of hydrogen-bond donors (Lipinski definition) is 2. The molecule has 104 valence electrons. The van der Waals surface area contributed by atoms with Gasteiger partial charge >= 0.3 is 5.97 Å². The molecule has 0 aliphatic carbocycles. The molecule has 0 spiro atoms. The van der Waals surface area contributed by atoms with Crippen molar-refractivity contribution in [2.45, 2.75) is 19.3 Å². The molecule has 1 aromatic heterocycles. The van der Waals surface area contributed by atoms with E-state index in [2.05, 4.69) is 15.4 Å². The van der Waals surface area contributed by atoms with E-state index in [9.17, 15) is 9.59 Å². The topological polar surface area (TPSA) is 67.4 Å². The lowest BCUT2D eigenvalue weighted by Crippen LogP contribution is -2.16. The fraction of sp³-hybridized carbons (Fsp3) is 0.538. The van der Waals surface area contributed by atoms with Crippen molar-refractivity contribution >= 4 is 28.9 Å². The van der Waals surface area contributed by atoms with E-state index in [-0.39, 0.29) is 5.91 Å². The van der Waals surface area contributed by atoms with Crippen LogP contribution < -0.4 is 10.6 Å². The van der Waals surface area contributed by atoms with Gasteiger partial charge in [-0.3, -0.25) is 4.79 Å². The molecule has 1 amide bonds. The summed E-state index contributed by atoms with van der Waals surface area (Å²) in [5.41, 5.74) is 0.548. The van der Waals surface area contributed by atoms with Crippen LogP contribution >= 0.6 is 11.3 Å². The number of carbonyl (C=O) groups excluding carboxylic acids is 2. The van der Waals surface area contributed by atoms with Crippen molar-refractivity contribution in [3.05, 3.63) is 16.3 Å². The van der Waals surface area contributed by atoms with E-state index in [1.165, 1.54) is 18.4 Å². The molecule has 5 nitrogen and oxygen atoms in total. The van der Waals surface area contributed by atoms with E-state index in [0.29, 0.717) is 22.9 Å². The Labute approximate surface area is 116 Å². The highest BCUT2D eigenvalue weighted by atomic mass is 32.1. The molecule has 1 aliphatic heterocycles. The summed E-state index contributed by atoms with van der Waals surface area (Å²) >= 11 is 1.27. The van der Waals surface area contributed by atoms with E-state index in [1.807, 2.05) is 0 Å². The zero-order chi connectivity index (χ0) is 13.7. The van der Waals surface area contributed by atoms with Crippen LogP contribution in [-0.4, -0.2) is 32.1 Å². The van der Waals surface area contributed by atoms with Crippen molar-refractivity contribution < 1.29 is 14.3 Å². The van der Waals surface area contributed by atoms with E-state index >= 15 is 0 Å². The maximum absolute atomic E-state index is 11.9. The van der Waals surface area contributed by atoms with E-state index < -0.39 is 5.97 Å². The van der Waals surface area contributed by atoms with Crippen LogP contribution in [0.15, 0.2) is 11.4 Å². The summed E-state index contributed by atoms with van der Waals surface area (Å²) in [5.74, 6) is 0.133. The minimum Gasteiger partial charge on any atom is -0.465 e. The highest BCUT2D eigenvalue weighted by Crippen LogP contribution is 2.23. The normalized spacial score (nSPS) is 18.3.